The van der Waals surface area contributed by atoms with E-state index in [-0.39, 0.29) is 18.3 Å². The molecule has 0 aliphatic carbocycles. The van der Waals surface area contributed by atoms with E-state index in [4.69, 9.17) is 14.2 Å². The second-order valence-corrected chi connectivity index (χ2v) is 10.6. The molecule has 4 heterocycles. The smallest absolute Gasteiger partial charge is 0.411 e. The Balaban J connectivity index is 1.56. The van der Waals surface area contributed by atoms with Gasteiger partial charge in [-0.3, -0.25) is 14.7 Å². The maximum absolute atomic E-state index is 14.5. The first-order valence-electron chi connectivity index (χ1n) is 13.3. The Morgan fingerprint density at radius 2 is 2.12 bits per heavy atom. The number of methoxy groups -OCH3 is 1. The number of amides is 2. The number of ether oxygens (including phenoxy) is 3. The summed E-state index contributed by atoms with van der Waals surface area (Å²) in [5, 5.41) is 6.11. The predicted molar refractivity (Wildman–Crippen MR) is 151 cm³/mol. The number of carbonyl (C=O) groups is 2. The van der Waals surface area contributed by atoms with Crippen LogP contribution in [0.1, 0.15) is 42.4 Å². The normalized spacial score (nSPS) is 16.7. The first-order chi connectivity index (χ1) is 19.7. The van der Waals surface area contributed by atoms with Gasteiger partial charge in [0.15, 0.2) is 11.6 Å². The molecule has 1 unspecified atom stereocenters. The van der Waals surface area contributed by atoms with E-state index in [2.05, 4.69) is 32.4 Å². The SMILES string of the molecule is COc1c(F)cccc1Nc1c(-c2ccncc2C#CC2COCCN2C(=O)OC(C)(C)C)[nH]c2c1C(=O)NCC2. The minimum absolute atomic E-state index is 0.0268. The summed E-state index contributed by atoms with van der Waals surface area (Å²) in [5.41, 5.74) is 3.20. The van der Waals surface area contributed by atoms with Crippen LogP contribution in [0.25, 0.3) is 11.3 Å². The number of benzene rings is 1. The number of rotatable bonds is 4. The molecule has 2 amide bonds. The van der Waals surface area contributed by atoms with Gasteiger partial charge >= 0.3 is 6.09 Å². The molecule has 0 spiro atoms. The molecule has 1 aromatic carbocycles. The highest BCUT2D eigenvalue weighted by Crippen LogP contribution is 2.40. The van der Waals surface area contributed by atoms with Crippen molar-refractivity contribution in [1.82, 2.24) is 20.2 Å². The average Bonchev–Trinajstić information content (AvgIpc) is 3.30. The molecule has 1 atom stereocenters. The number of aromatic nitrogens is 2. The number of pyridine rings is 1. The Morgan fingerprint density at radius 1 is 1.29 bits per heavy atom. The fraction of sp³-hybridized carbons (Fsp3) is 0.367. The quantitative estimate of drug-likeness (QED) is 0.408. The minimum Gasteiger partial charge on any atom is -0.492 e. The Kier molecular flexibility index (Phi) is 7.85. The molecule has 3 aromatic rings. The van der Waals surface area contributed by atoms with Gasteiger partial charge < -0.3 is 29.8 Å². The van der Waals surface area contributed by atoms with E-state index in [1.807, 2.05) is 20.8 Å². The first kappa shape index (κ1) is 28.0. The lowest BCUT2D eigenvalue weighted by Gasteiger charge is -2.34. The van der Waals surface area contributed by atoms with Crippen molar-refractivity contribution < 1.29 is 28.2 Å². The molecule has 0 saturated carbocycles. The fourth-order valence-corrected chi connectivity index (χ4v) is 4.79. The van der Waals surface area contributed by atoms with Gasteiger partial charge in [0.2, 0.25) is 0 Å². The molecule has 5 rings (SSSR count). The van der Waals surface area contributed by atoms with Crippen LogP contribution in [0.2, 0.25) is 0 Å². The van der Waals surface area contributed by atoms with Gasteiger partial charge in [-0.25, -0.2) is 9.18 Å². The van der Waals surface area contributed by atoms with E-state index in [9.17, 15) is 14.0 Å². The average molecular weight is 562 g/mol. The van der Waals surface area contributed by atoms with Crippen molar-refractivity contribution in [3.63, 3.8) is 0 Å². The molecule has 10 nitrogen and oxygen atoms in total. The maximum Gasteiger partial charge on any atom is 0.411 e. The molecule has 0 radical (unpaired) electrons. The van der Waals surface area contributed by atoms with Gasteiger partial charge in [0.1, 0.15) is 11.6 Å². The number of para-hydroxylation sites is 1. The summed E-state index contributed by atoms with van der Waals surface area (Å²) >= 11 is 0. The lowest BCUT2D eigenvalue weighted by atomic mass is 10.0. The van der Waals surface area contributed by atoms with Crippen molar-refractivity contribution in [3.8, 4) is 28.8 Å². The standard InChI is InChI=1S/C30H32FN5O5/c1-30(2,3)41-29(38)36-14-15-40-17-19(36)9-8-18-16-32-12-10-20(18)25-26(24-22(34-25)11-13-33-28(24)37)35-23-7-5-6-21(31)27(23)39-4/h5-7,10,12,16,19,34-35H,11,13-15,17H2,1-4H3,(H,33,37). The summed E-state index contributed by atoms with van der Waals surface area (Å²) in [7, 11) is 1.38. The number of morpholine rings is 1. The number of nitrogens with one attached hydrogen (secondary N) is 3. The molecule has 0 bridgehead atoms. The van der Waals surface area contributed by atoms with Crippen LogP contribution < -0.4 is 15.4 Å². The second-order valence-electron chi connectivity index (χ2n) is 10.6. The van der Waals surface area contributed by atoms with E-state index in [0.29, 0.717) is 59.9 Å². The summed E-state index contributed by atoms with van der Waals surface area (Å²) in [5.74, 6) is 5.57. The van der Waals surface area contributed by atoms with Gasteiger partial charge in [-0.15, -0.1) is 0 Å². The van der Waals surface area contributed by atoms with Crippen molar-refractivity contribution in [3.05, 3.63) is 59.3 Å². The van der Waals surface area contributed by atoms with Gasteiger partial charge in [-0.05, 0) is 39.0 Å². The summed E-state index contributed by atoms with van der Waals surface area (Å²) in [6.07, 6.45) is 3.39. The van der Waals surface area contributed by atoms with Gasteiger partial charge in [-0.2, -0.15) is 0 Å². The summed E-state index contributed by atoms with van der Waals surface area (Å²) < 4.78 is 31.0. The lowest BCUT2D eigenvalue weighted by molar-refractivity contribution is -0.0198. The number of fused-ring (bicyclic) bond motifs is 1. The zero-order valence-electron chi connectivity index (χ0n) is 23.4. The molecule has 1 saturated heterocycles. The molecule has 2 aliphatic heterocycles. The Morgan fingerprint density at radius 3 is 2.90 bits per heavy atom. The lowest BCUT2D eigenvalue weighted by Crippen LogP contribution is -2.49. The number of H-pyrrole nitrogens is 1. The third kappa shape index (κ3) is 5.98. The van der Waals surface area contributed by atoms with Gasteiger partial charge in [0.05, 0.1) is 48.5 Å². The van der Waals surface area contributed by atoms with Crippen LogP contribution in [0.15, 0.2) is 36.7 Å². The number of nitrogens with zero attached hydrogens (tertiary/aromatic N) is 2. The highest BCUT2D eigenvalue weighted by molar-refractivity contribution is 6.06. The zero-order valence-corrected chi connectivity index (χ0v) is 23.4. The molecular weight excluding hydrogens is 529 g/mol. The highest BCUT2D eigenvalue weighted by atomic mass is 19.1. The van der Waals surface area contributed by atoms with Crippen LogP contribution in [-0.4, -0.2) is 71.9 Å². The third-order valence-electron chi connectivity index (χ3n) is 6.62. The van der Waals surface area contributed by atoms with Gasteiger partial charge in [0.25, 0.3) is 5.91 Å². The maximum atomic E-state index is 14.5. The molecule has 11 heteroatoms. The van der Waals surface area contributed by atoms with Crippen LogP contribution in [0, 0.1) is 17.7 Å². The van der Waals surface area contributed by atoms with Crippen molar-refractivity contribution in [2.45, 2.75) is 38.8 Å². The molecule has 2 aliphatic rings. The van der Waals surface area contributed by atoms with Crippen LogP contribution in [0.5, 0.6) is 5.75 Å². The Hall–Kier alpha value is -4.56. The van der Waals surface area contributed by atoms with Gasteiger partial charge in [-0.1, -0.05) is 17.9 Å². The number of halogens is 1. The fourth-order valence-electron chi connectivity index (χ4n) is 4.79. The van der Waals surface area contributed by atoms with Crippen LogP contribution in [-0.2, 0) is 15.9 Å². The second kappa shape index (κ2) is 11.5. The van der Waals surface area contributed by atoms with Crippen molar-refractivity contribution in [2.75, 3.05) is 38.7 Å². The Labute approximate surface area is 237 Å². The predicted octanol–water partition coefficient (Wildman–Crippen LogP) is 4.24. The summed E-state index contributed by atoms with van der Waals surface area (Å²) in [4.78, 5) is 35.1. The zero-order chi connectivity index (χ0) is 29.1. The molecular formula is C30H32FN5O5. The van der Waals surface area contributed by atoms with E-state index < -0.39 is 23.6 Å². The van der Waals surface area contributed by atoms with Crippen LogP contribution >= 0.6 is 0 Å². The number of hydrogen-bond acceptors (Lipinski definition) is 7. The van der Waals surface area contributed by atoms with E-state index in [1.54, 1.807) is 35.5 Å². The van der Waals surface area contributed by atoms with Crippen molar-refractivity contribution in [2.24, 2.45) is 0 Å². The summed E-state index contributed by atoms with van der Waals surface area (Å²) in [6.45, 7) is 6.92. The monoisotopic (exact) mass is 561 g/mol. The van der Waals surface area contributed by atoms with Crippen molar-refractivity contribution >= 4 is 23.4 Å². The van der Waals surface area contributed by atoms with Crippen molar-refractivity contribution in [1.29, 1.82) is 0 Å². The molecule has 2 aromatic heterocycles. The van der Waals surface area contributed by atoms with Gasteiger partial charge in [0, 0.05) is 43.2 Å². The minimum atomic E-state index is -0.642. The Bertz CT molecular complexity index is 1530. The highest BCUT2D eigenvalue weighted by Gasteiger charge is 2.31. The van der Waals surface area contributed by atoms with E-state index in [1.165, 1.54) is 13.2 Å². The molecule has 214 valence electrons. The van der Waals surface area contributed by atoms with Crippen LogP contribution in [0.4, 0.5) is 20.6 Å². The first-order valence-corrected chi connectivity index (χ1v) is 13.3. The number of hydrogen-bond donors (Lipinski definition) is 3. The largest absolute Gasteiger partial charge is 0.492 e. The van der Waals surface area contributed by atoms with E-state index >= 15 is 0 Å². The molecule has 1 fully saturated rings. The number of anilines is 2. The van der Waals surface area contributed by atoms with E-state index in [0.717, 1.165) is 5.69 Å². The van der Waals surface area contributed by atoms with Crippen LogP contribution in [0.3, 0.4) is 0 Å². The number of carbonyl (C=O) groups excluding carboxylic acids is 2. The molecule has 41 heavy (non-hydrogen) atoms. The topological polar surface area (TPSA) is 118 Å². The number of aromatic amines is 1. The summed E-state index contributed by atoms with van der Waals surface area (Å²) in [6, 6.07) is 5.80. The third-order valence-corrected chi connectivity index (χ3v) is 6.62. The molecule has 3 N–H and O–H groups in total.